The number of hydrogen-bond donors (Lipinski definition) is 0. The molecule has 2 aliphatic heterocycles. The third-order valence-corrected chi connectivity index (χ3v) is 12.1. The zero-order valence-electron chi connectivity index (χ0n) is 34.4. The molecule has 0 bridgehead atoms. The molecule has 0 amide bonds. The van der Waals surface area contributed by atoms with E-state index >= 15 is 0 Å². The number of nitrogens with zero attached hydrogens (tertiary/aromatic N) is 3. The lowest BCUT2D eigenvalue weighted by Crippen LogP contribution is -2.09. The molecule has 0 saturated carbocycles. The molecule has 10 rings (SSSR count). The molecule has 3 heterocycles. The third-order valence-electron chi connectivity index (χ3n) is 12.1. The first kappa shape index (κ1) is 38.1. The van der Waals surface area contributed by atoms with Crippen molar-refractivity contribution < 1.29 is 4.42 Å². The Balaban J connectivity index is 1.08. The quantitative estimate of drug-likeness (QED) is 0.151. The van der Waals surface area contributed by atoms with Crippen molar-refractivity contribution in [3.05, 3.63) is 228 Å². The second-order valence-electron chi connectivity index (χ2n) is 16.1. The van der Waals surface area contributed by atoms with Crippen molar-refractivity contribution in [2.24, 2.45) is 20.9 Å². The molecule has 0 spiro atoms. The predicted octanol–water partition coefficient (Wildman–Crippen LogP) is 14.8. The maximum atomic E-state index is 6.39. The first-order valence-electron chi connectivity index (χ1n) is 21.6. The highest BCUT2D eigenvalue weighted by Gasteiger charge is 2.26. The standard InChI is InChI=1S/C57H47N3O/c1-2-39-36-53(42-22-10-5-11-23-42)58-54(46-32-33-49-48-28-12-15-31-55(48)61-56(49)37-46)38-50(39)44-25-17-26-45(35-44)52-30-14-13-29-51(41-20-8-4-9-21-41)59-57(60-52)47-27-16-24-43(34-47)40-18-6-3-7-19-40/h3-12,15-29,31-35,37-39,53H,2,13-14,30,36H2,1H3/b51-29-,59-57?,60-52?. The fraction of sp³-hybridized carbons (Fsp3) is 0.140. The van der Waals surface area contributed by atoms with Crippen LogP contribution in [0.3, 0.4) is 0 Å². The second-order valence-corrected chi connectivity index (χ2v) is 16.1. The Kier molecular flexibility index (Phi) is 10.7. The molecule has 296 valence electrons. The Morgan fingerprint density at radius 1 is 0.541 bits per heavy atom. The van der Waals surface area contributed by atoms with Gasteiger partial charge in [-0.15, -0.1) is 0 Å². The average molecular weight is 790 g/mol. The highest BCUT2D eigenvalue weighted by Crippen LogP contribution is 2.40. The van der Waals surface area contributed by atoms with E-state index in [-0.39, 0.29) is 12.0 Å². The molecule has 1 aromatic heterocycles. The van der Waals surface area contributed by atoms with Crippen LogP contribution >= 0.6 is 0 Å². The fourth-order valence-electron chi connectivity index (χ4n) is 8.91. The molecule has 2 atom stereocenters. The molecule has 8 aromatic rings. The van der Waals surface area contributed by atoms with E-state index in [0.717, 1.165) is 105 Å². The summed E-state index contributed by atoms with van der Waals surface area (Å²) in [5, 5.41) is 2.25. The van der Waals surface area contributed by atoms with E-state index in [4.69, 9.17) is 19.4 Å². The molecular formula is C57H47N3O. The second kappa shape index (κ2) is 17.2. The van der Waals surface area contributed by atoms with E-state index in [1.54, 1.807) is 0 Å². The molecule has 0 radical (unpaired) electrons. The van der Waals surface area contributed by atoms with Gasteiger partial charge in [0, 0.05) is 21.9 Å². The summed E-state index contributed by atoms with van der Waals surface area (Å²) >= 11 is 0. The van der Waals surface area contributed by atoms with E-state index in [1.807, 2.05) is 12.1 Å². The van der Waals surface area contributed by atoms with Crippen molar-refractivity contribution in [2.45, 2.75) is 45.1 Å². The van der Waals surface area contributed by atoms with Gasteiger partial charge in [-0.25, -0.2) is 9.98 Å². The average Bonchev–Trinajstić information content (AvgIpc) is 3.64. The van der Waals surface area contributed by atoms with Crippen LogP contribution in [0.1, 0.15) is 78.5 Å². The minimum absolute atomic E-state index is 0.0138. The Morgan fingerprint density at radius 2 is 1.20 bits per heavy atom. The number of benzene rings is 7. The fourth-order valence-corrected chi connectivity index (χ4v) is 8.91. The summed E-state index contributed by atoms with van der Waals surface area (Å²) in [6.45, 7) is 2.31. The topological polar surface area (TPSA) is 50.2 Å². The van der Waals surface area contributed by atoms with Gasteiger partial charge < -0.3 is 4.42 Å². The number of allylic oxidation sites excluding steroid dienone is 3. The molecular weight excluding hydrogens is 743 g/mol. The van der Waals surface area contributed by atoms with E-state index < -0.39 is 0 Å². The predicted molar refractivity (Wildman–Crippen MR) is 255 cm³/mol. The number of aliphatic imine (C=N–C) groups is 3. The van der Waals surface area contributed by atoms with Crippen molar-refractivity contribution in [3.8, 4) is 11.1 Å². The number of fused-ring (bicyclic) bond motifs is 3. The van der Waals surface area contributed by atoms with Crippen LogP contribution in [0.15, 0.2) is 214 Å². The number of para-hydroxylation sites is 1. The first-order valence-corrected chi connectivity index (χ1v) is 21.6. The lowest BCUT2D eigenvalue weighted by Gasteiger charge is -2.22. The molecule has 61 heavy (non-hydrogen) atoms. The lowest BCUT2D eigenvalue weighted by molar-refractivity contribution is 0.521. The van der Waals surface area contributed by atoms with Gasteiger partial charge in [-0.1, -0.05) is 165 Å². The SMILES string of the molecule is CCC1CC(c2ccccc2)N=C(c2ccc3c(c2)oc2ccccc23)C=C1c1cccc(C2=NC(c3cccc(-c4ccccc4)c3)=N/C(c3ccccc3)=C\CCC2)c1. The number of amidine groups is 1. The van der Waals surface area contributed by atoms with Crippen LogP contribution in [0.25, 0.3) is 44.3 Å². The smallest absolute Gasteiger partial charge is 0.160 e. The Morgan fingerprint density at radius 3 is 2.00 bits per heavy atom. The number of rotatable bonds is 8. The highest BCUT2D eigenvalue weighted by molar-refractivity contribution is 6.16. The van der Waals surface area contributed by atoms with Crippen molar-refractivity contribution in [1.82, 2.24) is 0 Å². The maximum absolute atomic E-state index is 6.39. The van der Waals surface area contributed by atoms with Crippen molar-refractivity contribution in [1.29, 1.82) is 0 Å². The van der Waals surface area contributed by atoms with Gasteiger partial charge in [0.15, 0.2) is 5.84 Å². The normalized spacial score (nSPS) is 18.1. The summed E-state index contributed by atoms with van der Waals surface area (Å²) in [6, 6.07) is 64.3. The third kappa shape index (κ3) is 8.10. The molecule has 4 heteroatoms. The zero-order valence-corrected chi connectivity index (χ0v) is 34.4. The lowest BCUT2D eigenvalue weighted by atomic mass is 9.83. The van der Waals surface area contributed by atoms with Gasteiger partial charge in [-0.3, -0.25) is 4.99 Å². The molecule has 0 N–H and O–H groups in total. The Bertz CT molecular complexity index is 3010. The first-order chi connectivity index (χ1) is 30.2. The van der Waals surface area contributed by atoms with Crippen molar-refractivity contribution in [2.75, 3.05) is 0 Å². The summed E-state index contributed by atoms with van der Waals surface area (Å²) in [6.07, 6.45) is 9.24. The largest absolute Gasteiger partial charge is 0.456 e. The Hall–Kier alpha value is -7.17. The van der Waals surface area contributed by atoms with E-state index in [0.29, 0.717) is 0 Å². The summed E-state index contributed by atoms with van der Waals surface area (Å²) in [5.41, 5.74) is 15.0. The summed E-state index contributed by atoms with van der Waals surface area (Å²) in [7, 11) is 0. The van der Waals surface area contributed by atoms with Gasteiger partial charge >= 0.3 is 0 Å². The van der Waals surface area contributed by atoms with Gasteiger partial charge in [0.1, 0.15) is 11.2 Å². The van der Waals surface area contributed by atoms with Crippen LogP contribution in [0.2, 0.25) is 0 Å². The molecule has 0 aliphatic carbocycles. The minimum atomic E-state index is 0.0138. The van der Waals surface area contributed by atoms with Crippen LogP contribution in [0, 0.1) is 5.92 Å². The number of furan rings is 1. The van der Waals surface area contributed by atoms with Crippen LogP contribution < -0.4 is 0 Å². The summed E-state index contributed by atoms with van der Waals surface area (Å²) in [4.78, 5) is 16.4. The molecule has 7 aromatic carbocycles. The van der Waals surface area contributed by atoms with E-state index in [9.17, 15) is 0 Å². The molecule has 0 fully saturated rings. The maximum Gasteiger partial charge on any atom is 0.160 e. The summed E-state index contributed by atoms with van der Waals surface area (Å²) < 4.78 is 6.39. The molecule has 2 unspecified atom stereocenters. The van der Waals surface area contributed by atoms with Crippen LogP contribution in [-0.4, -0.2) is 17.3 Å². The summed E-state index contributed by atoms with van der Waals surface area (Å²) in [5.74, 6) is 1.01. The molecule has 0 saturated heterocycles. The molecule has 2 aliphatic rings. The number of hydrogen-bond acceptors (Lipinski definition) is 4. The van der Waals surface area contributed by atoms with Gasteiger partial charge in [-0.05, 0) is 113 Å². The van der Waals surface area contributed by atoms with Crippen LogP contribution in [0.4, 0.5) is 0 Å². The Labute approximate surface area is 358 Å². The van der Waals surface area contributed by atoms with E-state index in [1.165, 1.54) is 22.3 Å². The highest BCUT2D eigenvalue weighted by atomic mass is 16.3. The van der Waals surface area contributed by atoms with Crippen molar-refractivity contribution in [3.63, 3.8) is 0 Å². The van der Waals surface area contributed by atoms with Crippen LogP contribution in [0.5, 0.6) is 0 Å². The monoisotopic (exact) mass is 789 g/mol. The van der Waals surface area contributed by atoms with Gasteiger partial charge in [0.2, 0.25) is 0 Å². The van der Waals surface area contributed by atoms with Gasteiger partial charge in [-0.2, -0.15) is 0 Å². The molecule has 4 nitrogen and oxygen atoms in total. The zero-order chi connectivity index (χ0) is 41.0. The van der Waals surface area contributed by atoms with E-state index in [2.05, 4.69) is 189 Å². The van der Waals surface area contributed by atoms with Gasteiger partial charge in [0.25, 0.3) is 0 Å². The van der Waals surface area contributed by atoms with Crippen molar-refractivity contribution >= 4 is 50.5 Å². The minimum Gasteiger partial charge on any atom is -0.456 e. The van der Waals surface area contributed by atoms with Crippen LogP contribution in [-0.2, 0) is 0 Å². The van der Waals surface area contributed by atoms with Gasteiger partial charge in [0.05, 0.1) is 23.2 Å².